The molecule has 3 N–H and O–H groups in total. The number of nitrogen functional groups attached to an aromatic ring is 1. The van der Waals surface area contributed by atoms with Crippen molar-refractivity contribution in [3.8, 4) is 0 Å². The molecule has 0 aromatic carbocycles. The van der Waals surface area contributed by atoms with Crippen molar-refractivity contribution in [3.63, 3.8) is 0 Å². The number of hydrogen-bond acceptors (Lipinski definition) is 12. The molecule has 0 unspecified atom stereocenters. The van der Waals surface area contributed by atoms with Gasteiger partial charge in [0.15, 0.2) is 10.8 Å². The summed E-state index contributed by atoms with van der Waals surface area (Å²) < 4.78 is 2.19. The normalized spacial score (nSPS) is 21.0. The lowest BCUT2D eigenvalue weighted by Crippen LogP contribution is -2.71. The molecule has 0 bridgehead atoms. The number of nitrogens with zero attached hydrogens (tertiary/aromatic N) is 5. The molecule has 38 heavy (non-hydrogen) atoms. The lowest BCUT2D eigenvalue weighted by Gasteiger charge is -2.50. The zero-order valence-corrected chi connectivity index (χ0v) is 23.5. The smallest absolute Gasteiger partial charge is 0.336 e. The highest BCUT2D eigenvalue weighted by Crippen LogP contribution is 2.41. The van der Waals surface area contributed by atoms with Crippen LogP contribution in [0.1, 0.15) is 29.1 Å². The molecule has 15 heteroatoms. The van der Waals surface area contributed by atoms with Crippen molar-refractivity contribution in [1.82, 2.24) is 15.2 Å². The zero-order valence-electron chi connectivity index (χ0n) is 21.1. The lowest BCUT2D eigenvalue weighted by atomic mass is 10.0. The van der Waals surface area contributed by atoms with Gasteiger partial charge in [0.2, 0.25) is 0 Å². The van der Waals surface area contributed by atoms with Crippen LogP contribution in [0.3, 0.4) is 0 Å². The first-order chi connectivity index (χ1) is 18.2. The van der Waals surface area contributed by atoms with E-state index in [0.717, 1.165) is 29.3 Å². The Kier molecular flexibility index (Phi) is 7.33. The Balaban J connectivity index is 1.33. The van der Waals surface area contributed by atoms with Gasteiger partial charge in [-0.15, -0.1) is 23.1 Å². The maximum absolute atomic E-state index is 13.1. The second-order valence-corrected chi connectivity index (χ2v) is 12.2. The molecule has 2 amide bonds. The zero-order chi connectivity index (χ0) is 27.1. The average Bonchev–Trinajstić information content (AvgIpc) is 3.48. The summed E-state index contributed by atoms with van der Waals surface area (Å²) in [5.41, 5.74) is 7.56. The monoisotopic (exact) mass is 577 g/mol. The van der Waals surface area contributed by atoms with Crippen molar-refractivity contribution in [2.45, 2.75) is 37.1 Å². The highest BCUT2D eigenvalue weighted by atomic mass is 32.2. The summed E-state index contributed by atoms with van der Waals surface area (Å²) in [6, 6.07) is -0.930. The summed E-state index contributed by atoms with van der Waals surface area (Å²) in [5, 5.41) is 20.9. The van der Waals surface area contributed by atoms with Gasteiger partial charge in [-0.2, -0.15) is 0 Å². The molecule has 2 aromatic rings. The van der Waals surface area contributed by atoms with Crippen LogP contribution < -0.4 is 25.6 Å². The molecule has 2 atom stereocenters. The summed E-state index contributed by atoms with van der Waals surface area (Å²) >= 11 is 4.27. The van der Waals surface area contributed by atoms with Crippen molar-refractivity contribution in [2.24, 2.45) is 12.2 Å². The van der Waals surface area contributed by atoms with Crippen LogP contribution in [0.25, 0.3) is 0 Å². The molecule has 202 valence electrons. The minimum atomic E-state index is -1.41. The quantitative estimate of drug-likeness (QED) is 0.181. The van der Waals surface area contributed by atoms with E-state index in [1.165, 1.54) is 47.2 Å². The lowest BCUT2D eigenvalue weighted by molar-refractivity contribution is -0.662. The number of carboxylic acid groups (broad SMARTS) is 1. The average molecular weight is 578 g/mol. The molecular weight excluding hydrogens is 550 g/mol. The van der Waals surface area contributed by atoms with Crippen LogP contribution in [0.4, 0.5) is 10.3 Å². The maximum atomic E-state index is 13.1. The van der Waals surface area contributed by atoms with Gasteiger partial charge < -0.3 is 25.8 Å². The molecule has 5 rings (SSSR count). The summed E-state index contributed by atoms with van der Waals surface area (Å²) in [6.07, 6.45) is 4.46. The van der Waals surface area contributed by atoms with Crippen LogP contribution in [0.5, 0.6) is 0 Å². The van der Waals surface area contributed by atoms with E-state index in [9.17, 15) is 19.5 Å². The number of β-lactam (4-membered cyclic amide) rings is 1. The number of aliphatic carboxylic acids is 1. The summed E-state index contributed by atoms with van der Waals surface area (Å²) in [4.78, 5) is 51.7. The standard InChI is InChI=1S/C23H27N7O5S3/c1-28(23-29(2)13-6-4-5-7-14(13)38-23)8-11-9-36-20-16(19(32)30(20)17(11)21(33)34)26-18(31)15(27-35-3)12-10-37-22(24)25-12/h10,16,20H,4-9H2,1-3H3,(H3-,24,25,26,31,33,34)/b27-15+/t16-,20-/m1/s1. The van der Waals surface area contributed by atoms with E-state index in [-0.39, 0.29) is 22.2 Å². The number of anilines is 2. The first-order valence-corrected chi connectivity index (χ1v) is 14.7. The molecule has 1 saturated heterocycles. The third-order valence-electron chi connectivity index (χ3n) is 6.74. The second-order valence-electron chi connectivity index (χ2n) is 9.17. The second kappa shape index (κ2) is 10.5. The number of amides is 2. The van der Waals surface area contributed by atoms with Crippen molar-refractivity contribution in [1.29, 1.82) is 0 Å². The van der Waals surface area contributed by atoms with E-state index in [4.69, 9.17) is 10.6 Å². The Morgan fingerprint density at radius 3 is 2.82 bits per heavy atom. The number of oxime groups is 1. The molecule has 1 fully saturated rings. The van der Waals surface area contributed by atoms with Crippen molar-refractivity contribution in [3.05, 3.63) is 32.9 Å². The van der Waals surface area contributed by atoms with Gasteiger partial charge in [-0.05, 0) is 19.3 Å². The van der Waals surface area contributed by atoms with Crippen LogP contribution in [0.2, 0.25) is 0 Å². The predicted octanol–water partition coefficient (Wildman–Crippen LogP) is -0.619. The summed E-state index contributed by atoms with van der Waals surface area (Å²) in [7, 11) is 5.26. The fourth-order valence-corrected chi connectivity index (χ4v) is 8.18. The van der Waals surface area contributed by atoms with E-state index < -0.39 is 29.2 Å². The van der Waals surface area contributed by atoms with E-state index in [1.807, 2.05) is 19.0 Å². The first kappa shape index (κ1) is 26.4. The molecule has 1 aliphatic carbocycles. The molecule has 0 spiro atoms. The Labute approximate surface area is 231 Å². The Hall–Kier alpha value is -3.17. The fourth-order valence-electron chi connectivity index (χ4n) is 5.00. The third-order valence-corrected chi connectivity index (χ3v) is 10.2. The van der Waals surface area contributed by atoms with Crippen LogP contribution in [0, 0.1) is 0 Å². The highest BCUT2D eigenvalue weighted by Gasteiger charge is 2.53. The number of nitrogens with two attached hydrogens (primary N) is 1. The van der Waals surface area contributed by atoms with Crippen LogP contribution in [-0.4, -0.2) is 71.3 Å². The number of thiazole rings is 2. The summed E-state index contributed by atoms with van der Waals surface area (Å²) in [5.74, 6) is -2.23. The number of hydrogen-bond donors (Lipinski definition) is 2. The molecular formula is C23H27N7O5S3. The van der Waals surface area contributed by atoms with Gasteiger partial charge in [0.25, 0.3) is 11.8 Å². The maximum Gasteiger partial charge on any atom is 0.336 e. The third kappa shape index (κ3) is 4.62. The van der Waals surface area contributed by atoms with Gasteiger partial charge in [-0.3, -0.25) is 19.4 Å². The van der Waals surface area contributed by atoms with Crippen molar-refractivity contribution < 1.29 is 28.9 Å². The van der Waals surface area contributed by atoms with Crippen LogP contribution >= 0.6 is 34.4 Å². The van der Waals surface area contributed by atoms with Crippen LogP contribution in [-0.2, 0) is 39.1 Å². The van der Waals surface area contributed by atoms with E-state index in [1.54, 1.807) is 16.7 Å². The minimum absolute atomic E-state index is 0.127. The first-order valence-electron chi connectivity index (χ1n) is 11.9. The van der Waals surface area contributed by atoms with Crippen molar-refractivity contribution >= 4 is 68.2 Å². The predicted molar refractivity (Wildman–Crippen MR) is 143 cm³/mol. The molecule has 12 nitrogen and oxygen atoms in total. The molecule has 0 radical (unpaired) electrons. The number of carboxylic acids is 1. The van der Waals surface area contributed by atoms with Gasteiger partial charge in [0.1, 0.15) is 36.5 Å². The van der Waals surface area contributed by atoms with E-state index in [2.05, 4.69) is 20.0 Å². The topological polar surface area (TPSA) is 157 Å². The summed E-state index contributed by atoms with van der Waals surface area (Å²) in [6.45, 7) is 0.340. The van der Waals surface area contributed by atoms with E-state index >= 15 is 0 Å². The van der Waals surface area contributed by atoms with Gasteiger partial charge >= 0.3 is 5.13 Å². The number of thioether (sulfide) groups is 1. The molecule has 4 heterocycles. The molecule has 2 aromatic heterocycles. The van der Waals surface area contributed by atoms with Gasteiger partial charge in [0.05, 0.1) is 30.6 Å². The van der Waals surface area contributed by atoms with Gasteiger partial charge in [-0.25, -0.2) is 9.55 Å². The van der Waals surface area contributed by atoms with Crippen molar-refractivity contribution in [2.75, 3.05) is 37.1 Å². The number of likely N-dealkylation sites (N-methyl/N-ethyl adjacent to an activating group) is 1. The van der Waals surface area contributed by atoms with Gasteiger partial charge in [0, 0.05) is 23.1 Å². The minimum Gasteiger partial charge on any atom is -0.543 e. The largest absolute Gasteiger partial charge is 0.543 e. The number of aromatic nitrogens is 2. The highest BCUT2D eigenvalue weighted by molar-refractivity contribution is 8.00. The Morgan fingerprint density at radius 1 is 1.39 bits per heavy atom. The molecule has 2 aliphatic heterocycles. The SMILES string of the molecule is CO/N=C(/C(=O)N[C@@H]1C(=O)N2C(C(=O)[O-])=C(CN(C)c3sc4c([n+]3C)CCCC4)CS[C@H]12)c1csc(N)n1. The fraction of sp³-hybridized carbons (Fsp3) is 0.478. The number of nitrogens with one attached hydrogen (secondary N) is 1. The molecule has 0 saturated carbocycles. The van der Waals surface area contributed by atoms with E-state index in [0.29, 0.717) is 17.9 Å². The number of fused-ring (bicyclic) bond motifs is 2. The molecule has 3 aliphatic rings. The van der Waals surface area contributed by atoms with Crippen LogP contribution in [0.15, 0.2) is 21.8 Å². The Morgan fingerprint density at radius 2 is 2.16 bits per heavy atom. The number of carbonyl (C=O) groups is 3. The number of aryl methyl sites for hydroxylation is 1. The van der Waals surface area contributed by atoms with Gasteiger partial charge in [-0.1, -0.05) is 16.5 Å². The number of rotatable bonds is 8. The number of carbonyl (C=O) groups excluding carboxylic acids is 3. The Bertz CT molecular complexity index is 1370.